The Morgan fingerprint density at radius 3 is 2.34 bits per heavy atom. The summed E-state index contributed by atoms with van der Waals surface area (Å²) in [5, 5.41) is 13.6. The number of hydrogen-bond acceptors (Lipinski definition) is 3. The Hall–Kier alpha value is -3.96. The van der Waals surface area contributed by atoms with Crippen LogP contribution in [0.4, 0.5) is 22.0 Å². The Bertz CT molecular complexity index is 1220. The van der Waals surface area contributed by atoms with Crippen LogP contribution < -0.4 is 10.9 Å². The molecule has 0 aliphatic heterocycles. The summed E-state index contributed by atoms with van der Waals surface area (Å²) in [5.74, 6) is -4.86. The molecule has 3 rings (SSSR count). The molecule has 0 radical (unpaired) electrons. The standard InChI is InChI=1S/C20H14F5N3O4/c21-10-4-6-11(7-5-10)28-16(29)8-15(27-28)19(32)26-14(9-17(30)31)12-2-1-3-13(18(12)22)20(23,24)25/h1-8,14,27H,9H2,(H,26,32)(H,30,31). The number of amides is 1. The van der Waals surface area contributed by atoms with Crippen molar-refractivity contribution in [1.29, 1.82) is 0 Å². The number of halogens is 5. The van der Waals surface area contributed by atoms with E-state index >= 15 is 0 Å². The van der Waals surface area contributed by atoms with Gasteiger partial charge in [0.25, 0.3) is 11.5 Å². The number of carboxylic acid groups (broad SMARTS) is 1. The van der Waals surface area contributed by atoms with E-state index in [9.17, 15) is 36.3 Å². The first-order valence-corrected chi connectivity index (χ1v) is 8.93. The van der Waals surface area contributed by atoms with Crippen LogP contribution in [-0.2, 0) is 11.0 Å². The minimum Gasteiger partial charge on any atom is -0.481 e. The molecule has 168 valence electrons. The van der Waals surface area contributed by atoms with Crippen LogP contribution in [0.1, 0.15) is 34.1 Å². The van der Waals surface area contributed by atoms with Gasteiger partial charge in [0.1, 0.15) is 17.3 Å². The Balaban J connectivity index is 1.93. The average molecular weight is 455 g/mol. The van der Waals surface area contributed by atoms with E-state index in [1.807, 2.05) is 0 Å². The summed E-state index contributed by atoms with van der Waals surface area (Å²) in [7, 11) is 0. The van der Waals surface area contributed by atoms with Gasteiger partial charge in [-0.1, -0.05) is 12.1 Å². The smallest absolute Gasteiger partial charge is 0.419 e. The number of carbonyl (C=O) groups is 2. The van der Waals surface area contributed by atoms with E-state index < -0.39 is 58.8 Å². The van der Waals surface area contributed by atoms with Crippen LogP contribution >= 0.6 is 0 Å². The van der Waals surface area contributed by atoms with Crippen molar-refractivity contribution < 1.29 is 36.6 Å². The highest BCUT2D eigenvalue weighted by Gasteiger charge is 2.36. The largest absolute Gasteiger partial charge is 0.481 e. The number of aromatic amines is 1. The van der Waals surface area contributed by atoms with Gasteiger partial charge in [0.15, 0.2) is 0 Å². The summed E-state index contributed by atoms with van der Waals surface area (Å²) >= 11 is 0. The fraction of sp³-hybridized carbons (Fsp3) is 0.150. The molecule has 0 aliphatic rings. The van der Waals surface area contributed by atoms with Gasteiger partial charge in [-0.05, 0) is 30.3 Å². The van der Waals surface area contributed by atoms with E-state index in [4.69, 9.17) is 5.11 Å². The molecule has 0 spiro atoms. The van der Waals surface area contributed by atoms with Gasteiger partial charge in [-0.25, -0.2) is 13.5 Å². The van der Waals surface area contributed by atoms with Crippen molar-refractivity contribution in [2.24, 2.45) is 0 Å². The first kappa shape index (κ1) is 22.7. The number of carboxylic acids is 1. The normalized spacial score (nSPS) is 12.4. The molecule has 0 bridgehead atoms. The number of aliphatic carboxylic acids is 1. The highest BCUT2D eigenvalue weighted by molar-refractivity contribution is 5.92. The third kappa shape index (κ3) is 4.85. The van der Waals surface area contributed by atoms with Crippen molar-refractivity contribution in [2.45, 2.75) is 18.6 Å². The molecule has 12 heteroatoms. The number of alkyl halides is 3. The van der Waals surface area contributed by atoms with Crippen molar-refractivity contribution in [3.63, 3.8) is 0 Å². The summed E-state index contributed by atoms with van der Waals surface area (Å²) < 4.78 is 67.5. The molecule has 1 unspecified atom stereocenters. The topological polar surface area (TPSA) is 104 Å². The fourth-order valence-corrected chi connectivity index (χ4v) is 2.98. The van der Waals surface area contributed by atoms with Gasteiger partial charge in [-0.15, -0.1) is 0 Å². The number of H-pyrrole nitrogens is 1. The lowest BCUT2D eigenvalue weighted by Crippen LogP contribution is -2.31. The summed E-state index contributed by atoms with van der Waals surface area (Å²) in [5.41, 5.74) is -3.21. The molecular formula is C20H14F5N3O4. The van der Waals surface area contributed by atoms with Crippen LogP contribution in [0, 0.1) is 11.6 Å². The van der Waals surface area contributed by atoms with E-state index in [1.54, 1.807) is 0 Å². The van der Waals surface area contributed by atoms with Crippen LogP contribution in [0.3, 0.4) is 0 Å². The van der Waals surface area contributed by atoms with E-state index in [0.717, 1.165) is 35.0 Å². The number of nitrogens with one attached hydrogen (secondary N) is 2. The van der Waals surface area contributed by atoms with Crippen molar-refractivity contribution in [3.8, 4) is 5.69 Å². The second-order valence-electron chi connectivity index (χ2n) is 6.65. The maximum atomic E-state index is 14.5. The maximum Gasteiger partial charge on any atom is 0.419 e. The van der Waals surface area contributed by atoms with E-state index in [2.05, 4.69) is 10.4 Å². The van der Waals surface area contributed by atoms with E-state index in [-0.39, 0.29) is 11.4 Å². The van der Waals surface area contributed by atoms with Gasteiger partial charge in [0.2, 0.25) is 0 Å². The zero-order valence-electron chi connectivity index (χ0n) is 15.9. The van der Waals surface area contributed by atoms with Crippen molar-refractivity contribution in [2.75, 3.05) is 0 Å². The molecule has 0 saturated heterocycles. The lowest BCUT2D eigenvalue weighted by molar-refractivity contribution is -0.140. The molecule has 3 N–H and O–H groups in total. The summed E-state index contributed by atoms with van der Waals surface area (Å²) in [6, 6.07) is 6.11. The van der Waals surface area contributed by atoms with Crippen molar-refractivity contribution >= 4 is 11.9 Å². The molecule has 0 saturated carbocycles. The Kier molecular flexibility index (Phi) is 6.14. The first-order valence-electron chi connectivity index (χ1n) is 8.93. The number of carbonyl (C=O) groups excluding carboxylic acids is 1. The Morgan fingerprint density at radius 1 is 1.09 bits per heavy atom. The fourth-order valence-electron chi connectivity index (χ4n) is 2.98. The number of benzene rings is 2. The third-order valence-electron chi connectivity index (χ3n) is 4.44. The quantitative estimate of drug-likeness (QED) is 0.496. The van der Waals surface area contributed by atoms with Gasteiger partial charge >= 0.3 is 12.1 Å². The number of nitrogens with zero attached hydrogens (tertiary/aromatic N) is 1. The summed E-state index contributed by atoms with van der Waals surface area (Å²) in [4.78, 5) is 35.9. The van der Waals surface area contributed by atoms with E-state index in [1.165, 1.54) is 12.1 Å². The molecule has 3 aromatic rings. The van der Waals surface area contributed by atoms with Crippen molar-refractivity contribution in [3.05, 3.63) is 87.3 Å². The number of rotatable bonds is 6. The molecule has 0 aliphatic carbocycles. The second-order valence-corrected chi connectivity index (χ2v) is 6.65. The summed E-state index contributed by atoms with van der Waals surface area (Å²) in [6.07, 6.45) is -5.96. The van der Waals surface area contributed by atoms with Crippen LogP contribution in [0.2, 0.25) is 0 Å². The van der Waals surface area contributed by atoms with Crippen LogP contribution in [0.15, 0.2) is 53.3 Å². The second kappa shape index (κ2) is 8.65. The predicted molar refractivity (Wildman–Crippen MR) is 100 cm³/mol. The molecule has 1 amide bonds. The Morgan fingerprint density at radius 2 is 1.75 bits per heavy atom. The van der Waals surface area contributed by atoms with Gasteiger partial charge in [-0.3, -0.25) is 19.5 Å². The van der Waals surface area contributed by atoms with Gasteiger partial charge in [-0.2, -0.15) is 13.2 Å². The molecule has 1 aromatic heterocycles. The lowest BCUT2D eigenvalue weighted by atomic mass is 9.99. The molecule has 7 nitrogen and oxygen atoms in total. The minimum absolute atomic E-state index is 0.182. The predicted octanol–water partition coefficient (Wildman–Crippen LogP) is 3.41. The maximum absolute atomic E-state index is 14.5. The van der Waals surface area contributed by atoms with Crippen LogP contribution in [-0.4, -0.2) is 26.8 Å². The van der Waals surface area contributed by atoms with Gasteiger partial charge in [0, 0.05) is 11.6 Å². The molecular weight excluding hydrogens is 441 g/mol. The Labute approximate surface area is 176 Å². The highest BCUT2D eigenvalue weighted by Crippen LogP contribution is 2.34. The molecule has 0 fully saturated rings. The van der Waals surface area contributed by atoms with Gasteiger partial charge < -0.3 is 10.4 Å². The molecule has 1 heterocycles. The minimum atomic E-state index is -5.03. The zero-order valence-corrected chi connectivity index (χ0v) is 15.9. The van der Waals surface area contributed by atoms with Crippen molar-refractivity contribution in [1.82, 2.24) is 15.1 Å². The SMILES string of the molecule is O=C(O)CC(NC(=O)c1cc(=O)n(-c2ccc(F)cc2)[nH]1)c1cccc(C(F)(F)F)c1F. The summed E-state index contributed by atoms with van der Waals surface area (Å²) in [6.45, 7) is 0. The molecule has 1 atom stereocenters. The molecule has 32 heavy (non-hydrogen) atoms. The third-order valence-corrected chi connectivity index (χ3v) is 4.44. The highest BCUT2D eigenvalue weighted by atomic mass is 19.4. The molecule has 2 aromatic carbocycles. The van der Waals surface area contributed by atoms with E-state index in [0.29, 0.717) is 6.07 Å². The number of aromatic nitrogens is 2. The monoisotopic (exact) mass is 455 g/mol. The van der Waals surface area contributed by atoms with Gasteiger partial charge in [0.05, 0.1) is 23.7 Å². The first-order chi connectivity index (χ1) is 15.0. The van der Waals surface area contributed by atoms with Crippen LogP contribution in [0.5, 0.6) is 0 Å². The zero-order chi connectivity index (χ0) is 23.6. The average Bonchev–Trinajstić information content (AvgIpc) is 3.09. The van der Waals surface area contributed by atoms with Crippen LogP contribution in [0.25, 0.3) is 5.69 Å². The number of hydrogen-bond donors (Lipinski definition) is 3. The lowest BCUT2D eigenvalue weighted by Gasteiger charge is -2.19.